The lowest BCUT2D eigenvalue weighted by Gasteiger charge is -2.23. The monoisotopic (exact) mass is 285 g/mol. The molecule has 3 rings (SSSR count). The number of hydrogen-bond donors (Lipinski definition) is 1. The number of ether oxygens (including phenoxy) is 1. The van der Waals surface area contributed by atoms with E-state index in [2.05, 4.69) is 30.4 Å². The molecule has 1 aromatic rings. The van der Waals surface area contributed by atoms with Gasteiger partial charge in [0.1, 0.15) is 5.75 Å². The first-order chi connectivity index (χ1) is 10.2. The zero-order chi connectivity index (χ0) is 14.7. The van der Waals surface area contributed by atoms with Gasteiger partial charge in [-0.25, -0.2) is 0 Å². The highest BCUT2D eigenvalue weighted by molar-refractivity contribution is 5.57. The Morgan fingerprint density at radius 2 is 1.90 bits per heavy atom. The number of nitrogens with two attached hydrogens (primary N) is 1. The largest absolute Gasteiger partial charge is 0.490 e. The molecule has 0 spiro atoms. The summed E-state index contributed by atoms with van der Waals surface area (Å²) in [4.78, 5) is 0. The molecule has 2 aliphatic carbocycles. The van der Waals surface area contributed by atoms with Crippen molar-refractivity contribution in [2.24, 2.45) is 11.7 Å². The molecule has 0 amide bonds. The summed E-state index contributed by atoms with van der Waals surface area (Å²) in [6.07, 6.45) is 14.0. The minimum atomic E-state index is 0.0626. The zero-order valence-electron chi connectivity index (χ0n) is 13.1. The Balaban J connectivity index is 1.75. The highest BCUT2D eigenvalue weighted by Crippen LogP contribution is 2.32. The first kappa shape index (κ1) is 14.6. The van der Waals surface area contributed by atoms with E-state index in [1.165, 1.54) is 56.1 Å². The molecule has 21 heavy (non-hydrogen) atoms. The molecule has 2 nitrogen and oxygen atoms in total. The third kappa shape index (κ3) is 4.10. The molecule has 2 heteroatoms. The summed E-state index contributed by atoms with van der Waals surface area (Å²) >= 11 is 0. The Kier molecular flexibility index (Phi) is 4.64. The van der Waals surface area contributed by atoms with E-state index >= 15 is 0 Å². The van der Waals surface area contributed by atoms with Gasteiger partial charge in [-0.2, -0.15) is 0 Å². The van der Waals surface area contributed by atoms with Crippen molar-refractivity contribution in [3.63, 3.8) is 0 Å². The Bertz CT molecular complexity index is 496. The van der Waals surface area contributed by atoms with Gasteiger partial charge >= 0.3 is 0 Å². The lowest BCUT2D eigenvalue weighted by Crippen LogP contribution is -2.19. The van der Waals surface area contributed by atoms with E-state index in [1.807, 2.05) is 6.92 Å². The van der Waals surface area contributed by atoms with E-state index in [9.17, 15) is 0 Å². The fourth-order valence-corrected chi connectivity index (χ4v) is 3.09. The molecule has 2 fully saturated rings. The van der Waals surface area contributed by atoms with Crippen LogP contribution >= 0.6 is 0 Å². The van der Waals surface area contributed by atoms with Crippen molar-refractivity contribution < 1.29 is 4.74 Å². The molecule has 2 N–H and O–H groups in total. The SMILES string of the molecule is C[C@H](N)c1ccc(OC2CCCCC2)cc1/C=C/C1CC1. The molecule has 0 aliphatic heterocycles. The van der Waals surface area contributed by atoms with Crippen molar-refractivity contribution in [1.82, 2.24) is 0 Å². The third-order valence-corrected chi connectivity index (χ3v) is 4.57. The van der Waals surface area contributed by atoms with E-state index in [-0.39, 0.29) is 6.04 Å². The molecule has 114 valence electrons. The van der Waals surface area contributed by atoms with Gasteiger partial charge in [-0.3, -0.25) is 0 Å². The van der Waals surface area contributed by atoms with Crippen molar-refractivity contribution in [3.8, 4) is 5.75 Å². The van der Waals surface area contributed by atoms with Crippen LogP contribution in [0.3, 0.4) is 0 Å². The van der Waals surface area contributed by atoms with Crippen molar-refractivity contribution >= 4 is 6.08 Å². The van der Waals surface area contributed by atoms with E-state index in [4.69, 9.17) is 10.5 Å². The quantitative estimate of drug-likeness (QED) is 0.840. The molecular formula is C19H27NO. The fraction of sp³-hybridized carbons (Fsp3) is 0.579. The number of rotatable bonds is 5. The predicted molar refractivity (Wildman–Crippen MR) is 88.3 cm³/mol. The molecule has 1 atom stereocenters. The Morgan fingerprint density at radius 1 is 1.14 bits per heavy atom. The van der Waals surface area contributed by atoms with Gasteiger partial charge in [0, 0.05) is 6.04 Å². The summed E-state index contributed by atoms with van der Waals surface area (Å²) < 4.78 is 6.18. The summed E-state index contributed by atoms with van der Waals surface area (Å²) in [5.41, 5.74) is 8.53. The molecule has 0 saturated heterocycles. The smallest absolute Gasteiger partial charge is 0.120 e. The first-order valence-electron chi connectivity index (χ1n) is 8.47. The van der Waals surface area contributed by atoms with Gasteiger partial charge in [-0.1, -0.05) is 24.6 Å². The Hall–Kier alpha value is -1.28. The molecule has 1 aromatic carbocycles. The second-order valence-electron chi connectivity index (χ2n) is 6.65. The van der Waals surface area contributed by atoms with Gasteiger partial charge < -0.3 is 10.5 Å². The van der Waals surface area contributed by atoms with Gasteiger partial charge in [-0.15, -0.1) is 0 Å². The molecule has 0 bridgehead atoms. The summed E-state index contributed by atoms with van der Waals surface area (Å²) in [5, 5.41) is 0. The molecular weight excluding hydrogens is 258 g/mol. The van der Waals surface area contributed by atoms with Crippen molar-refractivity contribution in [2.75, 3.05) is 0 Å². The molecule has 0 unspecified atom stereocenters. The maximum Gasteiger partial charge on any atom is 0.120 e. The summed E-state index contributed by atoms with van der Waals surface area (Å²) in [6.45, 7) is 2.05. The lowest BCUT2D eigenvalue weighted by molar-refractivity contribution is 0.155. The van der Waals surface area contributed by atoms with Crippen LogP contribution in [0.25, 0.3) is 6.08 Å². The number of hydrogen-bond acceptors (Lipinski definition) is 2. The van der Waals surface area contributed by atoms with Crippen molar-refractivity contribution in [1.29, 1.82) is 0 Å². The van der Waals surface area contributed by atoms with E-state index in [0.29, 0.717) is 6.10 Å². The lowest BCUT2D eigenvalue weighted by atomic mass is 9.97. The first-order valence-corrected chi connectivity index (χ1v) is 8.47. The van der Waals surface area contributed by atoms with Crippen LogP contribution in [0.2, 0.25) is 0 Å². The topological polar surface area (TPSA) is 35.2 Å². The van der Waals surface area contributed by atoms with Gasteiger partial charge in [0.15, 0.2) is 0 Å². The van der Waals surface area contributed by atoms with Crippen LogP contribution in [0.5, 0.6) is 5.75 Å². The van der Waals surface area contributed by atoms with Crippen LogP contribution in [-0.2, 0) is 0 Å². The van der Waals surface area contributed by atoms with Crippen LogP contribution in [0.4, 0.5) is 0 Å². The van der Waals surface area contributed by atoms with E-state index in [0.717, 1.165) is 11.7 Å². The molecule has 2 aliphatic rings. The normalized spacial score (nSPS) is 21.6. The summed E-state index contributed by atoms with van der Waals surface area (Å²) in [5.74, 6) is 1.79. The Labute approximate surface area is 128 Å². The zero-order valence-corrected chi connectivity index (χ0v) is 13.1. The molecule has 0 aromatic heterocycles. The standard InChI is InChI=1S/C19H27NO/c1-14(20)19-12-11-18(21-17-5-3-2-4-6-17)13-16(19)10-9-15-7-8-15/h9-15,17H,2-8,20H2,1H3/b10-9+/t14-/m0/s1. The molecule has 0 heterocycles. The number of allylic oxidation sites excluding steroid dienone is 1. The minimum absolute atomic E-state index is 0.0626. The second-order valence-corrected chi connectivity index (χ2v) is 6.65. The van der Waals surface area contributed by atoms with Gasteiger partial charge in [0.2, 0.25) is 0 Å². The van der Waals surface area contributed by atoms with E-state index in [1.54, 1.807) is 0 Å². The highest BCUT2D eigenvalue weighted by atomic mass is 16.5. The van der Waals surface area contributed by atoms with Crippen LogP contribution in [0.15, 0.2) is 24.3 Å². The Morgan fingerprint density at radius 3 is 2.57 bits per heavy atom. The second kappa shape index (κ2) is 6.65. The van der Waals surface area contributed by atoms with Crippen LogP contribution in [0, 0.1) is 5.92 Å². The number of benzene rings is 1. The predicted octanol–water partition coefficient (Wildman–Crippen LogP) is 4.84. The average Bonchev–Trinajstić information content (AvgIpc) is 3.30. The van der Waals surface area contributed by atoms with Crippen molar-refractivity contribution in [2.45, 2.75) is 64.0 Å². The van der Waals surface area contributed by atoms with Gasteiger partial charge in [0.05, 0.1) is 6.10 Å². The molecule has 0 radical (unpaired) electrons. The van der Waals surface area contributed by atoms with Crippen LogP contribution < -0.4 is 10.5 Å². The minimum Gasteiger partial charge on any atom is -0.490 e. The van der Waals surface area contributed by atoms with E-state index < -0.39 is 0 Å². The highest BCUT2D eigenvalue weighted by Gasteiger charge is 2.18. The maximum atomic E-state index is 6.18. The average molecular weight is 285 g/mol. The van der Waals surface area contributed by atoms with Crippen LogP contribution in [-0.4, -0.2) is 6.10 Å². The van der Waals surface area contributed by atoms with Crippen LogP contribution in [0.1, 0.15) is 69.0 Å². The van der Waals surface area contributed by atoms with Gasteiger partial charge in [0.25, 0.3) is 0 Å². The van der Waals surface area contributed by atoms with Crippen molar-refractivity contribution in [3.05, 3.63) is 35.4 Å². The summed E-state index contributed by atoms with van der Waals surface area (Å²) in [7, 11) is 0. The van der Waals surface area contributed by atoms with Gasteiger partial charge in [-0.05, 0) is 74.6 Å². The molecule has 2 saturated carbocycles. The fourth-order valence-electron chi connectivity index (χ4n) is 3.09. The third-order valence-electron chi connectivity index (χ3n) is 4.57. The maximum absolute atomic E-state index is 6.18. The summed E-state index contributed by atoms with van der Waals surface area (Å²) in [6, 6.07) is 6.45.